The average molecular weight is 328 g/mol. The van der Waals surface area contributed by atoms with Gasteiger partial charge in [0.05, 0.1) is 5.92 Å². The van der Waals surface area contributed by atoms with E-state index < -0.39 is 0 Å². The number of hydrogen-bond donors (Lipinski definition) is 1. The van der Waals surface area contributed by atoms with Gasteiger partial charge in [0.2, 0.25) is 11.8 Å². The van der Waals surface area contributed by atoms with E-state index in [9.17, 15) is 9.59 Å². The summed E-state index contributed by atoms with van der Waals surface area (Å²) in [5.74, 6) is 0.414. The van der Waals surface area contributed by atoms with Crippen molar-refractivity contribution in [3.63, 3.8) is 0 Å². The molecule has 3 rings (SSSR count). The molecule has 2 aliphatic rings. The molecular formula is C20H28N2O2. The van der Waals surface area contributed by atoms with E-state index in [-0.39, 0.29) is 23.8 Å². The first-order valence-electron chi connectivity index (χ1n) is 9.14. The van der Waals surface area contributed by atoms with Crippen LogP contribution in [-0.4, -0.2) is 24.4 Å². The highest BCUT2D eigenvalue weighted by Crippen LogP contribution is 2.30. The number of carbonyl (C=O) groups excluding carboxylic acids is 2. The van der Waals surface area contributed by atoms with Gasteiger partial charge in [0, 0.05) is 24.7 Å². The van der Waals surface area contributed by atoms with E-state index in [0.29, 0.717) is 18.9 Å². The van der Waals surface area contributed by atoms with Crippen molar-refractivity contribution >= 4 is 17.5 Å². The molecule has 0 unspecified atom stereocenters. The Kier molecular flexibility index (Phi) is 4.93. The fraction of sp³-hybridized carbons (Fsp3) is 0.600. The maximum absolute atomic E-state index is 12.6. The summed E-state index contributed by atoms with van der Waals surface area (Å²) in [6.45, 7) is 6.80. The van der Waals surface area contributed by atoms with Crippen LogP contribution < -0.4 is 10.2 Å². The van der Waals surface area contributed by atoms with Gasteiger partial charge in [0.15, 0.2) is 0 Å². The first kappa shape index (κ1) is 17.0. The zero-order chi connectivity index (χ0) is 17.3. The summed E-state index contributed by atoms with van der Waals surface area (Å²) >= 11 is 0. The smallest absolute Gasteiger partial charge is 0.227 e. The standard InChI is InChI=1S/C20H28N2O2/c1-13-8-6-10-18(15(13)3)22-12-16(11-19(22)23)20(24)21-17-9-5-4-7-14(17)2/h6,8,10,14,16-17H,4-5,7,9,11-12H2,1-3H3,(H,21,24)/t14-,16+,17+/m0/s1. The van der Waals surface area contributed by atoms with Gasteiger partial charge in [-0.2, -0.15) is 0 Å². The molecule has 2 fully saturated rings. The molecule has 1 saturated carbocycles. The third-order valence-electron chi connectivity index (χ3n) is 5.80. The summed E-state index contributed by atoms with van der Waals surface area (Å²) in [7, 11) is 0. The summed E-state index contributed by atoms with van der Waals surface area (Å²) in [5, 5.41) is 3.21. The topological polar surface area (TPSA) is 49.4 Å². The summed E-state index contributed by atoms with van der Waals surface area (Å²) in [6, 6.07) is 6.27. The van der Waals surface area contributed by atoms with Gasteiger partial charge < -0.3 is 10.2 Å². The lowest BCUT2D eigenvalue weighted by Gasteiger charge is -2.30. The molecule has 1 saturated heterocycles. The lowest BCUT2D eigenvalue weighted by Crippen LogP contribution is -2.44. The molecule has 0 bridgehead atoms. The maximum atomic E-state index is 12.6. The predicted octanol–water partition coefficient (Wildman–Crippen LogP) is 3.35. The summed E-state index contributed by atoms with van der Waals surface area (Å²) in [4.78, 5) is 26.9. The largest absolute Gasteiger partial charge is 0.353 e. The van der Waals surface area contributed by atoms with Crippen molar-refractivity contribution in [2.75, 3.05) is 11.4 Å². The molecule has 0 aromatic heterocycles. The molecular weight excluding hydrogens is 300 g/mol. The van der Waals surface area contributed by atoms with Crippen LogP contribution in [0.25, 0.3) is 0 Å². The Morgan fingerprint density at radius 2 is 1.96 bits per heavy atom. The van der Waals surface area contributed by atoms with Crippen LogP contribution in [0.2, 0.25) is 0 Å². The van der Waals surface area contributed by atoms with Crippen molar-refractivity contribution in [3.8, 4) is 0 Å². The Morgan fingerprint density at radius 1 is 1.21 bits per heavy atom. The van der Waals surface area contributed by atoms with Crippen LogP contribution in [0.3, 0.4) is 0 Å². The quantitative estimate of drug-likeness (QED) is 0.925. The van der Waals surface area contributed by atoms with Crippen molar-refractivity contribution in [1.29, 1.82) is 0 Å². The molecule has 4 nitrogen and oxygen atoms in total. The maximum Gasteiger partial charge on any atom is 0.227 e. The number of carbonyl (C=O) groups is 2. The van der Waals surface area contributed by atoms with Crippen molar-refractivity contribution < 1.29 is 9.59 Å². The van der Waals surface area contributed by atoms with Gasteiger partial charge in [-0.3, -0.25) is 9.59 Å². The van der Waals surface area contributed by atoms with Crippen molar-refractivity contribution in [2.24, 2.45) is 11.8 Å². The minimum Gasteiger partial charge on any atom is -0.353 e. The van der Waals surface area contributed by atoms with E-state index >= 15 is 0 Å². The second-order valence-electron chi connectivity index (χ2n) is 7.50. The van der Waals surface area contributed by atoms with Crippen LogP contribution in [-0.2, 0) is 9.59 Å². The number of benzene rings is 1. The molecule has 1 aliphatic heterocycles. The Balaban J connectivity index is 1.68. The van der Waals surface area contributed by atoms with Crippen molar-refractivity contribution in [2.45, 2.75) is 58.9 Å². The van der Waals surface area contributed by atoms with E-state index in [2.05, 4.69) is 12.2 Å². The number of nitrogens with zero attached hydrogens (tertiary/aromatic N) is 1. The molecule has 130 valence electrons. The Labute approximate surface area is 144 Å². The zero-order valence-electron chi connectivity index (χ0n) is 15.0. The van der Waals surface area contributed by atoms with Crippen LogP contribution in [0.1, 0.15) is 50.2 Å². The van der Waals surface area contributed by atoms with Crippen LogP contribution in [0, 0.1) is 25.7 Å². The van der Waals surface area contributed by atoms with Gasteiger partial charge in [0.25, 0.3) is 0 Å². The van der Waals surface area contributed by atoms with E-state index in [1.165, 1.54) is 24.8 Å². The Hall–Kier alpha value is -1.84. The predicted molar refractivity (Wildman–Crippen MR) is 95.9 cm³/mol. The molecule has 1 heterocycles. The number of nitrogens with one attached hydrogen (secondary N) is 1. The second kappa shape index (κ2) is 6.96. The first-order chi connectivity index (χ1) is 11.5. The molecule has 3 atom stereocenters. The normalized spacial score (nSPS) is 27.4. The average Bonchev–Trinajstić information content (AvgIpc) is 2.94. The summed E-state index contributed by atoms with van der Waals surface area (Å²) in [5.41, 5.74) is 3.23. The highest BCUT2D eigenvalue weighted by atomic mass is 16.2. The third-order valence-corrected chi connectivity index (χ3v) is 5.80. The van der Waals surface area contributed by atoms with Crippen LogP contribution in [0.5, 0.6) is 0 Å². The number of rotatable bonds is 3. The minimum absolute atomic E-state index is 0.0508. The molecule has 1 aliphatic carbocycles. The van der Waals surface area contributed by atoms with Crippen LogP contribution >= 0.6 is 0 Å². The van der Waals surface area contributed by atoms with Crippen LogP contribution in [0.4, 0.5) is 5.69 Å². The molecule has 1 N–H and O–H groups in total. The van der Waals surface area contributed by atoms with E-state index in [4.69, 9.17) is 0 Å². The van der Waals surface area contributed by atoms with Crippen molar-refractivity contribution in [1.82, 2.24) is 5.32 Å². The first-order valence-corrected chi connectivity index (χ1v) is 9.14. The molecule has 1 aromatic carbocycles. The molecule has 0 spiro atoms. The van der Waals surface area contributed by atoms with Gasteiger partial charge in [0.1, 0.15) is 0 Å². The highest BCUT2D eigenvalue weighted by Gasteiger charge is 2.37. The van der Waals surface area contributed by atoms with Crippen molar-refractivity contribution in [3.05, 3.63) is 29.3 Å². The molecule has 4 heteroatoms. The van der Waals surface area contributed by atoms with E-state index in [1.54, 1.807) is 4.90 Å². The van der Waals surface area contributed by atoms with Gasteiger partial charge >= 0.3 is 0 Å². The lowest BCUT2D eigenvalue weighted by atomic mass is 9.85. The van der Waals surface area contributed by atoms with E-state index in [1.807, 2.05) is 32.0 Å². The number of aryl methyl sites for hydroxylation is 1. The third kappa shape index (κ3) is 3.33. The number of anilines is 1. The lowest BCUT2D eigenvalue weighted by molar-refractivity contribution is -0.127. The highest BCUT2D eigenvalue weighted by molar-refractivity contribution is 6.01. The van der Waals surface area contributed by atoms with Gasteiger partial charge in [-0.15, -0.1) is 0 Å². The monoisotopic (exact) mass is 328 g/mol. The summed E-state index contributed by atoms with van der Waals surface area (Å²) < 4.78 is 0. The fourth-order valence-corrected chi connectivity index (χ4v) is 3.98. The Morgan fingerprint density at radius 3 is 2.71 bits per heavy atom. The van der Waals surface area contributed by atoms with E-state index in [0.717, 1.165) is 17.7 Å². The molecule has 0 radical (unpaired) electrons. The zero-order valence-corrected chi connectivity index (χ0v) is 15.0. The number of hydrogen-bond acceptors (Lipinski definition) is 2. The van der Waals surface area contributed by atoms with Crippen LogP contribution in [0.15, 0.2) is 18.2 Å². The minimum atomic E-state index is -0.230. The molecule has 24 heavy (non-hydrogen) atoms. The SMILES string of the molecule is Cc1cccc(N2C[C@H](C(=O)N[C@@H]3CCCC[C@@H]3C)CC2=O)c1C. The fourth-order valence-electron chi connectivity index (χ4n) is 3.98. The van der Waals surface area contributed by atoms with Gasteiger partial charge in [-0.05, 0) is 49.8 Å². The van der Waals surface area contributed by atoms with Gasteiger partial charge in [-0.1, -0.05) is 31.9 Å². The molecule has 2 amide bonds. The van der Waals surface area contributed by atoms with Gasteiger partial charge in [-0.25, -0.2) is 0 Å². The second-order valence-corrected chi connectivity index (χ2v) is 7.50. The Bertz CT molecular complexity index is 641. The molecule has 1 aromatic rings. The number of amides is 2. The summed E-state index contributed by atoms with van der Waals surface area (Å²) in [6.07, 6.45) is 5.01.